The molecule has 6 heteroatoms. The van der Waals surface area contributed by atoms with Gasteiger partial charge in [0.1, 0.15) is 5.01 Å². The maximum atomic E-state index is 4.12. The van der Waals surface area contributed by atoms with Crippen molar-refractivity contribution in [2.45, 2.75) is 30.0 Å². The Labute approximate surface area is 114 Å². The first-order chi connectivity index (χ1) is 8.24. The highest BCUT2D eigenvalue weighted by Crippen LogP contribution is 2.25. The van der Waals surface area contributed by atoms with Crippen LogP contribution in [0.25, 0.3) is 0 Å². The number of aryl methyl sites for hydroxylation is 1. The van der Waals surface area contributed by atoms with Crippen molar-refractivity contribution >= 4 is 34.4 Å². The molecule has 2 heterocycles. The van der Waals surface area contributed by atoms with Crippen molar-refractivity contribution < 1.29 is 0 Å². The minimum Gasteiger partial charge on any atom is -0.311 e. The van der Waals surface area contributed by atoms with Gasteiger partial charge in [0.25, 0.3) is 0 Å². The minimum atomic E-state index is 0.516. The van der Waals surface area contributed by atoms with Crippen LogP contribution in [0.4, 0.5) is 0 Å². The zero-order chi connectivity index (χ0) is 12.1. The van der Waals surface area contributed by atoms with Gasteiger partial charge in [-0.25, -0.2) is 0 Å². The van der Waals surface area contributed by atoms with E-state index >= 15 is 0 Å². The second-order valence-electron chi connectivity index (χ2n) is 3.73. The third-order valence-corrected chi connectivity index (χ3v) is 5.02. The van der Waals surface area contributed by atoms with Gasteiger partial charge in [-0.05, 0) is 18.4 Å². The smallest absolute Gasteiger partial charge is 0.174 e. The topological polar surface area (TPSA) is 37.8 Å². The van der Waals surface area contributed by atoms with E-state index in [1.165, 1.54) is 4.88 Å². The SMILES string of the molecule is Cc1nnc(SC(C)CNCc2cccs2)s1. The third-order valence-electron chi connectivity index (χ3n) is 2.12. The fraction of sp³-hybridized carbons (Fsp3) is 0.455. The summed E-state index contributed by atoms with van der Waals surface area (Å²) < 4.78 is 1.06. The number of hydrogen-bond acceptors (Lipinski definition) is 6. The fourth-order valence-corrected chi connectivity index (χ4v) is 4.12. The highest BCUT2D eigenvalue weighted by molar-refractivity contribution is 8.01. The zero-order valence-corrected chi connectivity index (χ0v) is 12.3. The maximum Gasteiger partial charge on any atom is 0.174 e. The third kappa shape index (κ3) is 4.39. The average molecular weight is 285 g/mol. The Morgan fingerprint density at radius 3 is 3.00 bits per heavy atom. The molecule has 0 saturated carbocycles. The van der Waals surface area contributed by atoms with Crippen LogP contribution in [-0.2, 0) is 6.54 Å². The summed E-state index contributed by atoms with van der Waals surface area (Å²) in [6.07, 6.45) is 0. The van der Waals surface area contributed by atoms with Crippen molar-refractivity contribution in [2.75, 3.05) is 6.54 Å². The Morgan fingerprint density at radius 2 is 2.35 bits per heavy atom. The van der Waals surface area contributed by atoms with Crippen LogP contribution < -0.4 is 5.32 Å². The quantitative estimate of drug-likeness (QED) is 0.827. The Hall–Kier alpha value is -0.430. The zero-order valence-electron chi connectivity index (χ0n) is 9.84. The molecule has 0 spiro atoms. The van der Waals surface area contributed by atoms with E-state index in [1.54, 1.807) is 34.4 Å². The molecule has 0 aliphatic heterocycles. The summed E-state index contributed by atoms with van der Waals surface area (Å²) in [5.74, 6) is 0. The van der Waals surface area contributed by atoms with Crippen LogP contribution in [0, 0.1) is 6.92 Å². The van der Waals surface area contributed by atoms with E-state index < -0.39 is 0 Å². The van der Waals surface area contributed by atoms with Gasteiger partial charge in [0.05, 0.1) is 0 Å². The van der Waals surface area contributed by atoms with Gasteiger partial charge in [0, 0.05) is 23.2 Å². The van der Waals surface area contributed by atoms with Crippen molar-refractivity contribution in [3.8, 4) is 0 Å². The number of rotatable bonds is 6. The number of thiophene rings is 1. The predicted octanol–water partition coefficient (Wildman–Crippen LogP) is 3.18. The highest BCUT2D eigenvalue weighted by Gasteiger charge is 2.08. The summed E-state index contributed by atoms with van der Waals surface area (Å²) in [6.45, 7) is 6.14. The van der Waals surface area contributed by atoms with Crippen molar-refractivity contribution in [1.29, 1.82) is 0 Å². The number of hydrogen-bond donors (Lipinski definition) is 1. The molecule has 0 aliphatic carbocycles. The van der Waals surface area contributed by atoms with Crippen LogP contribution in [0.3, 0.4) is 0 Å². The summed E-state index contributed by atoms with van der Waals surface area (Å²) >= 11 is 5.24. The summed E-state index contributed by atoms with van der Waals surface area (Å²) in [4.78, 5) is 1.38. The van der Waals surface area contributed by atoms with Gasteiger partial charge < -0.3 is 5.32 Å². The fourth-order valence-electron chi connectivity index (χ4n) is 1.35. The van der Waals surface area contributed by atoms with Crippen molar-refractivity contribution in [3.63, 3.8) is 0 Å². The second kappa shape index (κ2) is 6.49. The van der Waals surface area contributed by atoms with Crippen LogP contribution >= 0.6 is 34.4 Å². The van der Waals surface area contributed by atoms with Crippen molar-refractivity contribution in [2.24, 2.45) is 0 Å². The summed E-state index contributed by atoms with van der Waals surface area (Å²) in [5, 5.41) is 15.3. The van der Waals surface area contributed by atoms with Gasteiger partial charge in [0.15, 0.2) is 4.34 Å². The molecule has 2 rings (SSSR count). The Kier molecular flexibility index (Phi) is 4.97. The van der Waals surface area contributed by atoms with Gasteiger partial charge in [-0.3, -0.25) is 0 Å². The number of aromatic nitrogens is 2. The molecule has 2 aromatic rings. The van der Waals surface area contributed by atoms with Gasteiger partial charge in [-0.1, -0.05) is 36.1 Å². The summed E-state index contributed by atoms with van der Waals surface area (Å²) in [5.41, 5.74) is 0. The first kappa shape index (κ1) is 13.0. The van der Waals surface area contributed by atoms with Gasteiger partial charge in [-0.15, -0.1) is 21.5 Å². The Bertz CT molecular complexity index is 439. The second-order valence-corrected chi connectivity index (χ2v) is 7.63. The first-order valence-corrected chi connectivity index (χ1v) is 8.01. The molecule has 0 fully saturated rings. The number of nitrogens with one attached hydrogen (secondary N) is 1. The molecule has 0 bridgehead atoms. The molecule has 0 amide bonds. The summed E-state index contributed by atoms with van der Waals surface area (Å²) in [7, 11) is 0. The average Bonchev–Trinajstić information content (AvgIpc) is 2.90. The van der Waals surface area contributed by atoms with Gasteiger partial charge in [-0.2, -0.15) is 0 Å². The molecule has 1 atom stereocenters. The number of nitrogens with zero attached hydrogens (tertiary/aromatic N) is 2. The lowest BCUT2D eigenvalue weighted by atomic mass is 10.4. The summed E-state index contributed by atoms with van der Waals surface area (Å²) in [6, 6.07) is 4.24. The predicted molar refractivity (Wildman–Crippen MR) is 76.0 cm³/mol. The lowest BCUT2D eigenvalue weighted by Crippen LogP contribution is -2.21. The molecule has 0 radical (unpaired) electrons. The van der Waals surface area contributed by atoms with Crippen LogP contribution in [0.1, 0.15) is 16.8 Å². The lowest BCUT2D eigenvalue weighted by molar-refractivity contribution is 0.690. The molecular weight excluding hydrogens is 270 g/mol. The standard InChI is InChI=1S/C11H15N3S3/c1-8(16-11-14-13-9(2)17-11)6-12-7-10-4-3-5-15-10/h3-5,8,12H,6-7H2,1-2H3. The minimum absolute atomic E-state index is 0.516. The van der Waals surface area contributed by atoms with E-state index in [0.717, 1.165) is 22.4 Å². The normalized spacial score (nSPS) is 12.8. The van der Waals surface area contributed by atoms with Crippen LogP contribution in [0.15, 0.2) is 21.9 Å². The maximum absolute atomic E-state index is 4.12. The van der Waals surface area contributed by atoms with Crippen LogP contribution in [-0.4, -0.2) is 22.0 Å². The molecule has 0 aromatic carbocycles. The van der Waals surface area contributed by atoms with E-state index in [0.29, 0.717) is 5.25 Å². The largest absolute Gasteiger partial charge is 0.311 e. The molecule has 92 valence electrons. The Balaban J connectivity index is 1.69. The molecule has 3 nitrogen and oxygen atoms in total. The molecule has 2 aromatic heterocycles. The van der Waals surface area contributed by atoms with E-state index in [-0.39, 0.29) is 0 Å². The molecule has 1 unspecified atom stereocenters. The molecule has 1 N–H and O–H groups in total. The van der Waals surface area contributed by atoms with Gasteiger partial charge >= 0.3 is 0 Å². The molecule has 17 heavy (non-hydrogen) atoms. The van der Waals surface area contributed by atoms with E-state index in [9.17, 15) is 0 Å². The monoisotopic (exact) mass is 285 g/mol. The highest BCUT2D eigenvalue weighted by atomic mass is 32.2. The Morgan fingerprint density at radius 1 is 1.47 bits per heavy atom. The van der Waals surface area contributed by atoms with Crippen LogP contribution in [0.2, 0.25) is 0 Å². The number of thioether (sulfide) groups is 1. The molecule has 0 saturated heterocycles. The molecule has 0 aliphatic rings. The van der Waals surface area contributed by atoms with Crippen molar-refractivity contribution in [1.82, 2.24) is 15.5 Å². The molecular formula is C11H15N3S3. The van der Waals surface area contributed by atoms with E-state index in [2.05, 4.69) is 40.0 Å². The first-order valence-electron chi connectivity index (χ1n) is 5.44. The van der Waals surface area contributed by atoms with Crippen molar-refractivity contribution in [3.05, 3.63) is 27.4 Å². The van der Waals surface area contributed by atoms with E-state index in [1.807, 2.05) is 6.92 Å². The van der Waals surface area contributed by atoms with Crippen LogP contribution in [0.5, 0.6) is 0 Å². The van der Waals surface area contributed by atoms with Gasteiger partial charge in [0.2, 0.25) is 0 Å². The van der Waals surface area contributed by atoms with E-state index in [4.69, 9.17) is 0 Å². The lowest BCUT2D eigenvalue weighted by Gasteiger charge is -2.09.